The highest BCUT2D eigenvalue weighted by Crippen LogP contribution is 2.21. The van der Waals surface area contributed by atoms with Crippen LogP contribution in [-0.2, 0) is 9.53 Å². The summed E-state index contributed by atoms with van der Waals surface area (Å²) in [4.78, 5) is 11.1. The minimum Gasteiger partial charge on any atom is -0.469 e. The SMILES string of the molecule is CCCNC(CSCCC(=O)OC)c1ccc(C)c(C)c1. The molecule has 21 heavy (non-hydrogen) atoms. The molecule has 0 heterocycles. The molecule has 4 heteroatoms. The molecule has 1 aromatic rings. The Morgan fingerprint density at radius 2 is 2.10 bits per heavy atom. The van der Waals surface area contributed by atoms with E-state index in [1.807, 2.05) is 0 Å². The fourth-order valence-electron chi connectivity index (χ4n) is 2.03. The van der Waals surface area contributed by atoms with Crippen LogP contribution in [0.4, 0.5) is 0 Å². The molecule has 0 saturated heterocycles. The van der Waals surface area contributed by atoms with Crippen molar-refractivity contribution >= 4 is 17.7 Å². The molecule has 0 spiro atoms. The molecule has 0 aliphatic carbocycles. The van der Waals surface area contributed by atoms with Crippen LogP contribution in [0, 0.1) is 13.8 Å². The number of rotatable bonds is 9. The number of hydrogen-bond acceptors (Lipinski definition) is 4. The predicted molar refractivity (Wildman–Crippen MR) is 90.9 cm³/mol. The van der Waals surface area contributed by atoms with E-state index in [0.717, 1.165) is 24.5 Å². The van der Waals surface area contributed by atoms with Gasteiger partial charge in [0.2, 0.25) is 0 Å². The van der Waals surface area contributed by atoms with Crippen molar-refractivity contribution in [3.05, 3.63) is 34.9 Å². The van der Waals surface area contributed by atoms with Crippen molar-refractivity contribution in [1.29, 1.82) is 0 Å². The number of ether oxygens (including phenoxy) is 1. The van der Waals surface area contributed by atoms with Crippen molar-refractivity contribution < 1.29 is 9.53 Å². The third-order valence-corrected chi connectivity index (χ3v) is 4.60. The number of hydrogen-bond donors (Lipinski definition) is 1. The average molecular weight is 309 g/mol. The van der Waals surface area contributed by atoms with Crippen molar-refractivity contribution in [3.63, 3.8) is 0 Å². The van der Waals surface area contributed by atoms with Crippen LogP contribution >= 0.6 is 11.8 Å². The van der Waals surface area contributed by atoms with Gasteiger partial charge in [-0.1, -0.05) is 25.1 Å². The summed E-state index contributed by atoms with van der Waals surface area (Å²) >= 11 is 1.80. The molecule has 1 unspecified atom stereocenters. The highest BCUT2D eigenvalue weighted by Gasteiger charge is 2.12. The van der Waals surface area contributed by atoms with E-state index in [-0.39, 0.29) is 5.97 Å². The van der Waals surface area contributed by atoms with Crippen molar-refractivity contribution in [2.45, 2.75) is 39.7 Å². The van der Waals surface area contributed by atoms with E-state index in [1.165, 1.54) is 23.8 Å². The molecule has 1 N–H and O–H groups in total. The van der Waals surface area contributed by atoms with Gasteiger partial charge in [-0.3, -0.25) is 4.79 Å². The number of benzene rings is 1. The van der Waals surface area contributed by atoms with Crippen LogP contribution in [0.5, 0.6) is 0 Å². The topological polar surface area (TPSA) is 38.3 Å². The molecule has 0 aliphatic rings. The molecule has 0 radical (unpaired) electrons. The highest BCUT2D eigenvalue weighted by atomic mass is 32.2. The van der Waals surface area contributed by atoms with E-state index in [4.69, 9.17) is 0 Å². The quantitative estimate of drug-likeness (QED) is 0.558. The van der Waals surface area contributed by atoms with Crippen LogP contribution in [0.1, 0.15) is 42.5 Å². The number of thioether (sulfide) groups is 1. The lowest BCUT2D eigenvalue weighted by Gasteiger charge is -2.19. The Labute approximate surface area is 132 Å². The Hall–Kier alpha value is -1.00. The van der Waals surface area contributed by atoms with E-state index >= 15 is 0 Å². The Morgan fingerprint density at radius 1 is 1.33 bits per heavy atom. The van der Waals surface area contributed by atoms with E-state index in [9.17, 15) is 4.79 Å². The van der Waals surface area contributed by atoms with Gasteiger partial charge < -0.3 is 10.1 Å². The third kappa shape index (κ3) is 6.53. The molecular formula is C17H27NO2S. The minimum atomic E-state index is -0.133. The third-order valence-electron chi connectivity index (χ3n) is 3.54. The first kappa shape index (κ1) is 18.1. The summed E-state index contributed by atoms with van der Waals surface area (Å²) in [5.74, 6) is 1.65. The van der Waals surface area contributed by atoms with Gasteiger partial charge in [0.05, 0.1) is 13.5 Å². The maximum Gasteiger partial charge on any atom is 0.306 e. The minimum absolute atomic E-state index is 0.133. The number of esters is 1. The molecule has 0 fully saturated rings. The van der Waals surface area contributed by atoms with Gasteiger partial charge in [-0.2, -0.15) is 11.8 Å². The largest absolute Gasteiger partial charge is 0.469 e. The molecule has 0 aromatic heterocycles. The van der Waals surface area contributed by atoms with E-state index in [0.29, 0.717) is 12.5 Å². The van der Waals surface area contributed by atoms with Crippen LogP contribution in [-0.4, -0.2) is 31.1 Å². The summed E-state index contributed by atoms with van der Waals surface area (Å²) in [6.45, 7) is 7.48. The van der Waals surface area contributed by atoms with Gasteiger partial charge in [-0.05, 0) is 43.5 Å². The van der Waals surface area contributed by atoms with Crippen LogP contribution in [0.15, 0.2) is 18.2 Å². The molecule has 0 amide bonds. The van der Waals surface area contributed by atoms with E-state index < -0.39 is 0 Å². The second-order valence-electron chi connectivity index (χ2n) is 5.25. The van der Waals surface area contributed by atoms with Gasteiger partial charge in [0, 0.05) is 17.5 Å². The second kappa shape index (κ2) is 9.85. The van der Waals surface area contributed by atoms with Crippen molar-refractivity contribution in [2.75, 3.05) is 25.2 Å². The summed E-state index contributed by atoms with van der Waals surface area (Å²) in [5.41, 5.74) is 3.99. The first-order valence-corrected chi connectivity index (χ1v) is 8.69. The lowest BCUT2D eigenvalue weighted by atomic mass is 10.0. The fraction of sp³-hybridized carbons (Fsp3) is 0.588. The summed E-state index contributed by atoms with van der Waals surface area (Å²) in [6.07, 6.45) is 1.60. The van der Waals surface area contributed by atoms with Crippen LogP contribution in [0.3, 0.4) is 0 Å². The van der Waals surface area contributed by atoms with Gasteiger partial charge >= 0.3 is 5.97 Å². The van der Waals surface area contributed by atoms with Crippen LogP contribution in [0.2, 0.25) is 0 Å². The van der Waals surface area contributed by atoms with E-state index in [1.54, 1.807) is 11.8 Å². The number of methoxy groups -OCH3 is 1. The Balaban J connectivity index is 2.58. The summed E-state index contributed by atoms with van der Waals surface area (Å²) in [6, 6.07) is 7.00. The zero-order valence-electron chi connectivity index (χ0n) is 13.6. The molecule has 3 nitrogen and oxygen atoms in total. The van der Waals surface area contributed by atoms with Gasteiger partial charge in [0.25, 0.3) is 0 Å². The smallest absolute Gasteiger partial charge is 0.306 e. The summed E-state index contributed by atoms with van der Waals surface area (Å²) in [7, 11) is 1.44. The average Bonchev–Trinajstić information content (AvgIpc) is 2.49. The standard InChI is InChI=1S/C17H27NO2S/c1-5-9-18-16(12-21-10-8-17(19)20-4)15-7-6-13(2)14(3)11-15/h6-7,11,16,18H,5,8-10,12H2,1-4H3. The number of nitrogens with one attached hydrogen (secondary N) is 1. The lowest BCUT2D eigenvalue weighted by Crippen LogP contribution is -2.24. The molecule has 1 rings (SSSR count). The molecule has 118 valence electrons. The Kier molecular flexibility index (Phi) is 8.47. The second-order valence-corrected chi connectivity index (χ2v) is 6.40. The fourth-order valence-corrected chi connectivity index (χ4v) is 3.06. The Bertz CT molecular complexity index is 448. The van der Waals surface area contributed by atoms with Gasteiger partial charge in [0.1, 0.15) is 0 Å². The molecule has 1 atom stereocenters. The zero-order chi connectivity index (χ0) is 15.7. The number of carbonyl (C=O) groups excluding carboxylic acids is 1. The normalized spacial score (nSPS) is 12.2. The highest BCUT2D eigenvalue weighted by molar-refractivity contribution is 7.99. The molecule has 0 bridgehead atoms. The predicted octanol–water partition coefficient (Wildman–Crippen LogP) is 3.64. The molecule has 0 aliphatic heterocycles. The first-order valence-electron chi connectivity index (χ1n) is 7.53. The summed E-state index contributed by atoms with van der Waals surface area (Å²) in [5, 5.41) is 3.60. The molecular weight excluding hydrogens is 282 g/mol. The van der Waals surface area contributed by atoms with E-state index in [2.05, 4.69) is 49.0 Å². The number of carbonyl (C=O) groups is 1. The summed E-state index contributed by atoms with van der Waals surface area (Å²) < 4.78 is 4.67. The van der Waals surface area contributed by atoms with Crippen molar-refractivity contribution in [3.8, 4) is 0 Å². The molecule has 0 saturated carbocycles. The van der Waals surface area contributed by atoms with Crippen molar-refractivity contribution in [1.82, 2.24) is 5.32 Å². The number of aryl methyl sites for hydroxylation is 2. The maximum atomic E-state index is 11.1. The monoisotopic (exact) mass is 309 g/mol. The van der Waals surface area contributed by atoms with Gasteiger partial charge in [-0.25, -0.2) is 0 Å². The Morgan fingerprint density at radius 3 is 2.71 bits per heavy atom. The van der Waals surface area contributed by atoms with Crippen LogP contribution in [0.25, 0.3) is 0 Å². The molecule has 1 aromatic carbocycles. The van der Waals surface area contributed by atoms with Crippen LogP contribution < -0.4 is 5.32 Å². The lowest BCUT2D eigenvalue weighted by molar-refractivity contribution is -0.140. The van der Waals surface area contributed by atoms with Crippen molar-refractivity contribution in [2.24, 2.45) is 0 Å². The van der Waals surface area contributed by atoms with Gasteiger partial charge in [-0.15, -0.1) is 0 Å². The first-order chi connectivity index (χ1) is 10.1. The maximum absolute atomic E-state index is 11.1. The van der Waals surface area contributed by atoms with Gasteiger partial charge in [0.15, 0.2) is 0 Å². The zero-order valence-corrected chi connectivity index (χ0v) is 14.4.